The Morgan fingerprint density at radius 1 is 1.15 bits per heavy atom. The highest BCUT2D eigenvalue weighted by atomic mass is 16.5. The van der Waals surface area contributed by atoms with Gasteiger partial charge in [-0.05, 0) is 30.5 Å². The molecule has 0 unspecified atom stereocenters. The van der Waals surface area contributed by atoms with Crippen molar-refractivity contribution in [2.24, 2.45) is 0 Å². The SMILES string of the molecule is COCCNCC(=O)NCCCc1ccc(OC)cc1. The summed E-state index contributed by atoms with van der Waals surface area (Å²) in [6.07, 6.45) is 1.87. The number of rotatable bonds is 10. The number of nitrogens with one attached hydrogen (secondary N) is 2. The summed E-state index contributed by atoms with van der Waals surface area (Å²) < 4.78 is 9.99. The Hall–Kier alpha value is -1.59. The van der Waals surface area contributed by atoms with Gasteiger partial charge in [-0.1, -0.05) is 12.1 Å². The quantitative estimate of drug-likeness (QED) is 0.627. The maximum Gasteiger partial charge on any atom is 0.233 e. The smallest absolute Gasteiger partial charge is 0.233 e. The van der Waals surface area contributed by atoms with Crippen LogP contribution in [0.15, 0.2) is 24.3 Å². The van der Waals surface area contributed by atoms with Crippen molar-refractivity contribution in [3.63, 3.8) is 0 Å². The minimum Gasteiger partial charge on any atom is -0.497 e. The van der Waals surface area contributed by atoms with E-state index in [4.69, 9.17) is 9.47 Å². The average molecular weight is 280 g/mol. The van der Waals surface area contributed by atoms with E-state index in [9.17, 15) is 4.79 Å². The molecule has 112 valence electrons. The fraction of sp³-hybridized carbons (Fsp3) is 0.533. The summed E-state index contributed by atoms with van der Waals surface area (Å²) in [6, 6.07) is 8.00. The minimum absolute atomic E-state index is 0.0239. The van der Waals surface area contributed by atoms with Gasteiger partial charge in [-0.2, -0.15) is 0 Å². The van der Waals surface area contributed by atoms with Gasteiger partial charge in [0, 0.05) is 20.2 Å². The second-order valence-corrected chi connectivity index (χ2v) is 4.47. The third-order valence-electron chi connectivity index (χ3n) is 2.89. The lowest BCUT2D eigenvalue weighted by Crippen LogP contribution is -2.35. The van der Waals surface area contributed by atoms with E-state index in [1.165, 1.54) is 5.56 Å². The zero-order valence-electron chi connectivity index (χ0n) is 12.3. The van der Waals surface area contributed by atoms with E-state index < -0.39 is 0 Å². The van der Waals surface area contributed by atoms with Gasteiger partial charge < -0.3 is 20.1 Å². The summed E-state index contributed by atoms with van der Waals surface area (Å²) in [5, 5.41) is 5.89. The molecule has 0 heterocycles. The van der Waals surface area contributed by atoms with Crippen LogP contribution in [0.5, 0.6) is 5.75 Å². The van der Waals surface area contributed by atoms with Gasteiger partial charge in [0.25, 0.3) is 0 Å². The van der Waals surface area contributed by atoms with Crippen molar-refractivity contribution >= 4 is 5.91 Å². The zero-order chi connectivity index (χ0) is 14.6. The molecule has 20 heavy (non-hydrogen) atoms. The number of benzene rings is 1. The molecule has 2 N–H and O–H groups in total. The number of carbonyl (C=O) groups is 1. The highest BCUT2D eigenvalue weighted by molar-refractivity contribution is 5.77. The minimum atomic E-state index is 0.0239. The number of carbonyl (C=O) groups excluding carboxylic acids is 1. The molecule has 0 fully saturated rings. The van der Waals surface area contributed by atoms with E-state index >= 15 is 0 Å². The lowest BCUT2D eigenvalue weighted by molar-refractivity contribution is -0.120. The van der Waals surface area contributed by atoms with Gasteiger partial charge in [-0.3, -0.25) is 4.79 Å². The Labute approximate surface area is 120 Å². The van der Waals surface area contributed by atoms with Gasteiger partial charge in [0.2, 0.25) is 5.91 Å². The largest absolute Gasteiger partial charge is 0.497 e. The van der Waals surface area contributed by atoms with E-state index in [-0.39, 0.29) is 5.91 Å². The predicted octanol–water partition coefficient (Wildman–Crippen LogP) is 0.980. The molecule has 5 nitrogen and oxygen atoms in total. The Morgan fingerprint density at radius 3 is 2.55 bits per heavy atom. The Kier molecular flexibility index (Phi) is 8.42. The van der Waals surface area contributed by atoms with Gasteiger partial charge in [-0.25, -0.2) is 0 Å². The molecule has 0 spiro atoms. The highest BCUT2D eigenvalue weighted by Crippen LogP contribution is 2.12. The number of hydrogen-bond donors (Lipinski definition) is 2. The maximum atomic E-state index is 11.5. The zero-order valence-corrected chi connectivity index (χ0v) is 12.3. The van der Waals surface area contributed by atoms with Crippen molar-refractivity contribution < 1.29 is 14.3 Å². The van der Waals surface area contributed by atoms with Gasteiger partial charge in [0.05, 0.1) is 20.3 Å². The van der Waals surface area contributed by atoms with E-state index in [1.54, 1.807) is 14.2 Å². The number of amides is 1. The monoisotopic (exact) mass is 280 g/mol. The molecule has 5 heteroatoms. The van der Waals surface area contributed by atoms with Gasteiger partial charge in [0.1, 0.15) is 5.75 Å². The predicted molar refractivity (Wildman–Crippen MR) is 79.1 cm³/mol. The molecule has 0 bridgehead atoms. The van der Waals surface area contributed by atoms with Crippen molar-refractivity contribution in [2.45, 2.75) is 12.8 Å². The van der Waals surface area contributed by atoms with E-state index in [1.807, 2.05) is 24.3 Å². The van der Waals surface area contributed by atoms with Crippen LogP contribution in [-0.2, 0) is 16.0 Å². The first-order valence-corrected chi connectivity index (χ1v) is 6.85. The van der Waals surface area contributed by atoms with Crippen LogP contribution < -0.4 is 15.4 Å². The van der Waals surface area contributed by atoms with Crippen molar-refractivity contribution in [2.75, 3.05) is 40.5 Å². The van der Waals surface area contributed by atoms with Crippen LogP contribution in [0.2, 0.25) is 0 Å². The van der Waals surface area contributed by atoms with Gasteiger partial charge >= 0.3 is 0 Å². The first kappa shape index (κ1) is 16.5. The Balaban J connectivity index is 2.07. The third-order valence-corrected chi connectivity index (χ3v) is 2.89. The normalized spacial score (nSPS) is 10.3. The molecule has 0 aliphatic rings. The molecule has 1 aromatic carbocycles. The summed E-state index contributed by atoms with van der Waals surface area (Å²) in [5.74, 6) is 0.889. The Morgan fingerprint density at radius 2 is 1.90 bits per heavy atom. The molecule has 1 amide bonds. The van der Waals surface area contributed by atoms with Crippen molar-refractivity contribution in [1.82, 2.24) is 10.6 Å². The summed E-state index contributed by atoms with van der Waals surface area (Å²) in [4.78, 5) is 11.5. The lowest BCUT2D eigenvalue weighted by atomic mass is 10.1. The molecule has 0 saturated heterocycles. The number of ether oxygens (including phenoxy) is 2. The molecule has 1 aromatic rings. The fourth-order valence-corrected chi connectivity index (χ4v) is 1.75. The number of hydrogen-bond acceptors (Lipinski definition) is 4. The van der Waals surface area contributed by atoms with Crippen LogP contribution in [0.1, 0.15) is 12.0 Å². The summed E-state index contributed by atoms with van der Waals surface area (Å²) >= 11 is 0. The molecule has 0 atom stereocenters. The molecule has 0 radical (unpaired) electrons. The van der Waals surface area contributed by atoms with Crippen molar-refractivity contribution in [3.05, 3.63) is 29.8 Å². The summed E-state index contributed by atoms with van der Waals surface area (Å²) in [6.45, 7) is 2.34. The standard InChI is InChI=1S/C15H24N2O3/c1-19-11-10-16-12-15(18)17-9-3-4-13-5-7-14(20-2)8-6-13/h5-8,16H,3-4,9-12H2,1-2H3,(H,17,18). The van der Waals surface area contributed by atoms with Crippen LogP contribution in [0.4, 0.5) is 0 Å². The lowest BCUT2D eigenvalue weighted by Gasteiger charge is -2.07. The molecule has 0 saturated carbocycles. The topological polar surface area (TPSA) is 59.6 Å². The first-order valence-electron chi connectivity index (χ1n) is 6.85. The maximum absolute atomic E-state index is 11.5. The van der Waals surface area contributed by atoms with Crippen LogP contribution in [0, 0.1) is 0 Å². The molecular formula is C15H24N2O3. The second kappa shape index (κ2) is 10.2. The van der Waals surface area contributed by atoms with Crippen LogP contribution in [-0.4, -0.2) is 46.4 Å². The Bertz CT molecular complexity index is 379. The summed E-state index contributed by atoms with van der Waals surface area (Å²) in [7, 11) is 3.30. The second-order valence-electron chi connectivity index (χ2n) is 4.47. The molecular weight excluding hydrogens is 256 g/mol. The van der Waals surface area contributed by atoms with E-state index in [0.717, 1.165) is 18.6 Å². The van der Waals surface area contributed by atoms with Crippen LogP contribution in [0.3, 0.4) is 0 Å². The van der Waals surface area contributed by atoms with Crippen molar-refractivity contribution in [3.8, 4) is 5.75 Å². The average Bonchev–Trinajstić information content (AvgIpc) is 2.49. The molecule has 1 rings (SSSR count). The summed E-state index contributed by atoms with van der Waals surface area (Å²) in [5.41, 5.74) is 1.25. The first-order chi connectivity index (χ1) is 9.76. The number of aryl methyl sites for hydroxylation is 1. The van der Waals surface area contributed by atoms with Gasteiger partial charge in [-0.15, -0.1) is 0 Å². The number of methoxy groups -OCH3 is 2. The fourth-order valence-electron chi connectivity index (χ4n) is 1.75. The highest BCUT2D eigenvalue weighted by Gasteiger charge is 2.00. The van der Waals surface area contributed by atoms with E-state index in [2.05, 4.69) is 10.6 Å². The molecule has 0 aromatic heterocycles. The van der Waals surface area contributed by atoms with E-state index in [0.29, 0.717) is 26.2 Å². The molecule has 0 aliphatic heterocycles. The molecule has 0 aliphatic carbocycles. The third kappa shape index (κ3) is 7.11. The van der Waals surface area contributed by atoms with Crippen LogP contribution >= 0.6 is 0 Å². The van der Waals surface area contributed by atoms with Gasteiger partial charge in [0.15, 0.2) is 0 Å². The van der Waals surface area contributed by atoms with Crippen molar-refractivity contribution in [1.29, 1.82) is 0 Å². The van der Waals surface area contributed by atoms with Crippen LogP contribution in [0.25, 0.3) is 0 Å².